The van der Waals surface area contributed by atoms with E-state index in [4.69, 9.17) is 10.2 Å². The molecular weight excluding hydrogens is 103 g/mol. The zero-order valence-corrected chi connectivity index (χ0v) is 6.47. The van der Waals surface area contributed by atoms with Gasteiger partial charge in [-0.1, -0.05) is 0 Å². The Morgan fingerprint density at radius 2 is 1.86 bits per heavy atom. The van der Waals surface area contributed by atoms with Gasteiger partial charge in [0.1, 0.15) is 0 Å². The molecule has 0 rings (SSSR count). The zero-order chi connectivity index (χ0) is 4.99. The Bertz CT molecular complexity index is 79.4. The van der Waals surface area contributed by atoms with Crippen LogP contribution in [0.4, 0.5) is 0 Å². The molecule has 35 valence electrons. The molecule has 0 fully saturated rings. The van der Waals surface area contributed by atoms with Crippen LogP contribution in [0.15, 0.2) is 0 Å². The molecule has 0 amide bonds. The molecular formula is C4H6NaO2. The predicted molar refractivity (Wildman–Crippen MR) is 27.4 cm³/mol. The summed E-state index contributed by atoms with van der Waals surface area (Å²) in [5.41, 5.74) is 0. The first-order valence-corrected chi connectivity index (χ1v) is 1.56. The van der Waals surface area contributed by atoms with E-state index in [0.717, 1.165) is 0 Å². The molecule has 2 nitrogen and oxygen atoms in total. The number of rotatable bonds is 0. The molecule has 0 heterocycles. The van der Waals surface area contributed by atoms with Crippen molar-refractivity contribution in [2.24, 2.45) is 0 Å². The minimum absolute atomic E-state index is 0. The average Bonchev–Trinajstić information content (AvgIpc) is 1.35. The van der Waals surface area contributed by atoms with E-state index in [1.807, 2.05) is 0 Å². The minimum Gasteiger partial charge on any atom is -0.358 e. The quantitative estimate of drug-likeness (QED) is 0.236. The summed E-state index contributed by atoms with van der Waals surface area (Å²) in [5, 5.41) is 15.9. The van der Waals surface area contributed by atoms with Gasteiger partial charge in [-0.25, -0.2) is 0 Å². The Kier molecular flexibility index (Phi) is 9.68. The Balaban J connectivity index is 0. The maximum absolute atomic E-state index is 7.93. The van der Waals surface area contributed by atoms with E-state index in [0.29, 0.717) is 0 Å². The summed E-state index contributed by atoms with van der Waals surface area (Å²) >= 11 is 0. The second-order valence-corrected chi connectivity index (χ2v) is 0.768. The van der Waals surface area contributed by atoms with Crippen LogP contribution in [0.3, 0.4) is 0 Å². The fourth-order valence-electron chi connectivity index (χ4n) is 0.129. The molecule has 0 aromatic heterocycles. The van der Waals surface area contributed by atoms with Gasteiger partial charge in [0.2, 0.25) is 6.29 Å². The van der Waals surface area contributed by atoms with E-state index in [1.165, 1.54) is 0 Å². The van der Waals surface area contributed by atoms with Crippen molar-refractivity contribution >= 4 is 29.6 Å². The van der Waals surface area contributed by atoms with Gasteiger partial charge in [0.25, 0.3) is 0 Å². The molecule has 1 radical (unpaired) electrons. The molecule has 0 aliphatic heterocycles. The normalized spacial score (nSPS) is 6.29. The van der Waals surface area contributed by atoms with Crippen molar-refractivity contribution in [3.8, 4) is 11.8 Å². The Morgan fingerprint density at radius 1 is 1.43 bits per heavy atom. The number of hydrogen-bond acceptors (Lipinski definition) is 2. The predicted octanol–water partition coefficient (Wildman–Crippen LogP) is -1.06. The van der Waals surface area contributed by atoms with Gasteiger partial charge in [-0.2, -0.15) is 0 Å². The van der Waals surface area contributed by atoms with Crippen LogP contribution in [-0.4, -0.2) is 46.1 Å². The van der Waals surface area contributed by atoms with Gasteiger partial charge in [0.05, 0.1) is 0 Å². The second kappa shape index (κ2) is 6.48. The van der Waals surface area contributed by atoms with E-state index < -0.39 is 6.29 Å². The first-order chi connectivity index (χ1) is 2.77. The average molecular weight is 109 g/mol. The topological polar surface area (TPSA) is 40.5 Å². The summed E-state index contributed by atoms with van der Waals surface area (Å²) in [6, 6.07) is 0. The van der Waals surface area contributed by atoms with Crippen molar-refractivity contribution in [2.45, 2.75) is 13.2 Å². The molecule has 3 heteroatoms. The fourth-order valence-corrected chi connectivity index (χ4v) is 0.129. The summed E-state index contributed by atoms with van der Waals surface area (Å²) < 4.78 is 0. The van der Waals surface area contributed by atoms with Gasteiger partial charge < -0.3 is 10.2 Å². The molecule has 0 aliphatic carbocycles. The largest absolute Gasteiger partial charge is 0.358 e. The number of aliphatic hydroxyl groups is 2. The van der Waals surface area contributed by atoms with Gasteiger partial charge in [-0.15, -0.1) is 5.92 Å². The second-order valence-electron chi connectivity index (χ2n) is 0.768. The van der Waals surface area contributed by atoms with Crippen LogP contribution >= 0.6 is 0 Å². The van der Waals surface area contributed by atoms with E-state index in [-0.39, 0.29) is 29.6 Å². The van der Waals surface area contributed by atoms with Crippen LogP contribution in [0.1, 0.15) is 6.92 Å². The third-order valence-electron chi connectivity index (χ3n) is 0.273. The monoisotopic (exact) mass is 109 g/mol. The van der Waals surface area contributed by atoms with Crippen molar-refractivity contribution in [1.29, 1.82) is 0 Å². The van der Waals surface area contributed by atoms with E-state index in [9.17, 15) is 0 Å². The van der Waals surface area contributed by atoms with Crippen LogP contribution in [-0.2, 0) is 0 Å². The van der Waals surface area contributed by atoms with Gasteiger partial charge >= 0.3 is 0 Å². The van der Waals surface area contributed by atoms with Crippen molar-refractivity contribution in [3.05, 3.63) is 0 Å². The van der Waals surface area contributed by atoms with Crippen molar-refractivity contribution < 1.29 is 10.2 Å². The van der Waals surface area contributed by atoms with Crippen LogP contribution < -0.4 is 0 Å². The standard InChI is InChI=1S/C4H6O2.Na/c1-2-3-4(5)6;/h4-6H,1H3;. The van der Waals surface area contributed by atoms with E-state index in [1.54, 1.807) is 6.92 Å². The smallest absolute Gasteiger partial charge is 0.217 e. The molecule has 0 bridgehead atoms. The van der Waals surface area contributed by atoms with Crippen molar-refractivity contribution in [2.75, 3.05) is 0 Å². The summed E-state index contributed by atoms with van der Waals surface area (Å²) in [6.45, 7) is 1.54. The SMILES string of the molecule is CC#CC(O)O.[Na]. The summed E-state index contributed by atoms with van der Waals surface area (Å²) in [7, 11) is 0. The van der Waals surface area contributed by atoms with Gasteiger partial charge in [0, 0.05) is 29.6 Å². The molecule has 7 heavy (non-hydrogen) atoms. The van der Waals surface area contributed by atoms with Gasteiger partial charge in [-0.3, -0.25) is 0 Å². The van der Waals surface area contributed by atoms with Crippen molar-refractivity contribution in [3.63, 3.8) is 0 Å². The molecule has 0 aromatic rings. The Labute approximate surface area is 64.8 Å². The van der Waals surface area contributed by atoms with Gasteiger partial charge in [-0.05, 0) is 12.8 Å². The summed E-state index contributed by atoms with van der Waals surface area (Å²) in [4.78, 5) is 0. The molecule has 0 atom stereocenters. The summed E-state index contributed by atoms with van der Waals surface area (Å²) in [6.07, 6.45) is -1.46. The first-order valence-electron chi connectivity index (χ1n) is 1.56. The Morgan fingerprint density at radius 3 is 1.86 bits per heavy atom. The third kappa shape index (κ3) is 10.7. The van der Waals surface area contributed by atoms with Crippen LogP contribution in [0.2, 0.25) is 0 Å². The molecule has 0 aromatic carbocycles. The molecule has 0 aliphatic rings. The maximum Gasteiger partial charge on any atom is 0.217 e. The maximum atomic E-state index is 7.93. The Hall–Kier alpha value is 0.480. The van der Waals surface area contributed by atoms with Crippen LogP contribution in [0.25, 0.3) is 0 Å². The minimum atomic E-state index is -1.46. The molecule has 0 saturated carbocycles. The van der Waals surface area contributed by atoms with Crippen molar-refractivity contribution in [1.82, 2.24) is 0 Å². The molecule has 0 saturated heterocycles. The third-order valence-corrected chi connectivity index (χ3v) is 0.273. The zero-order valence-electron chi connectivity index (χ0n) is 4.47. The van der Waals surface area contributed by atoms with E-state index in [2.05, 4.69) is 11.8 Å². The van der Waals surface area contributed by atoms with Crippen LogP contribution in [0.5, 0.6) is 0 Å². The first kappa shape index (κ1) is 10.5. The van der Waals surface area contributed by atoms with Gasteiger partial charge in [0.15, 0.2) is 0 Å². The molecule has 2 N–H and O–H groups in total. The fraction of sp³-hybridized carbons (Fsp3) is 0.500. The number of hydrogen-bond donors (Lipinski definition) is 2. The van der Waals surface area contributed by atoms with Crippen LogP contribution in [0, 0.1) is 11.8 Å². The van der Waals surface area contributed by atoms with E-state index >= 15 is 0 Å². The summed E-state index contributed by atoms with van der Waals surface area (Å²) in [5.74, 6) is 4.39. The number of aliphatic hydroxyl groups excluding tert-OH is 1. The molecule has 0 spiro atoms. The molecule has 0 unspecified atom stereocenters.